The van der Waals surface area contributed by atoms with Gasteiger partial charge < -0.3 is 10.5 Å². The largest absolute Gasteiger partial charge is 0.453 e. The van der Waals surface area contributed by atoms with Crippen LogP contribution in [0.4, 0.5) is 8.78 Å². The zero-order valence-corrected chi connectivity index (χ0v) is 13.1. The van der Waals surface area contributed by atoms with Crippen LogP contribution in [0.3, 0.4) is 0 Å². The van der Waals surface area contributed by atoms with Crippen molar-refractivity contribution < 1.29 is 13.5 Å². The van der Waals surface area contributed by atoms with Gasteiger partial charge in [-0.15, -0.1) is 0 Å². The second kappa shape index (κ2) is 5.88. The second-order valence-electron chi connectivity index (χ2n) is 3.83. The van der Waals surface area contributed by atoms with E-state index >= 15 is 0 Å². The molecule has 3 nitrogen and oxygen atoms in total. The number of nitrogens with two attached hydrogens (primary N) is 1. The van der Waals surface area contributed by atoms with Gasteiger partial charge in [0.15, 0.2) is 11.6 Å². The molecule has 0 aliphatic rings. The number of hydrogen-bond acceptors (Lipinski definition) is 2. The Bertz CT molecular complexity index is 692. The van der Waals surface area contributed by atoms with Crippen LogP contribution in [0, 0.1) is 17.0 Å². The standard InChI is InChI=1S/C13H8Br2F2N2O/c14-6-4-8(16)12(17)10(5-6)20-9-3-1-2-7(15)11(9)13(18)19/h1-5H,(H3,18,19). The summed E-state index contributed by atoms with van der Waals surface area (Å²) in [6.45, 7) is 0. The third kappa shape index (κ3) is 2.99. The molecular formula is C13H8Br2F2N2O. The highest BCUT2D eigenvalue weighted by Gasteiger charge is 2.16. The molecule has 2 rings (SSSR count). The number of ether oxygens (including phenoxy) is 1. The molecule has 0 heterocycles. The Labute approximate surface area is 130 Å². The molecule has 0 fully saturated rings. The van der Waals surface area contributed by atoms with Gasteiger partial charge in [-0.3, -0.25) is 5.41 Å². The van der Waals surface area contributed by atoms with E-state index in [1.165, 1.54) is 12.1 Å². The van der Waals surface area contributed by atoms with E-state index in [0.29, 0.717) is 8.95 Å². The lowest BCUT2D eigenvalue weighted by molar-refractivity contribution is 0.414. The Balaban J connectivity index is 2.51. The number of nitrogen functional groups attached to an aromatic ring is 1. The first-order chi connectivity index (χ1) is 9.40. The summed E-state index contributed by atoms with van der Waals surface area (Å²) >= 11 is 6.29. The van der Waals surface area contributed by atoms with Gasteiger partial charge in [0.1, 0.15) is 11.6 Å². The van der Waals surface area contributed by atoms with Crippen molar-refractivity contribution in [3.63, 3.8) is 0 Å². The van der Waals surface area contributed by atoms with Crippen molar-refractivity contribution in [3.05, 3.63) is 56.5 Å². The lowest BCUT2D eigenvalue weighted by atomic mass is 10.2. The molecule has 20 heavy (non-hydrogen) atoms. The zero-order chi connectivity index (χ0) is 14.9. The highest BCUT2D eigenvalue weighted by Crippen LogP contribution is 2.33. The summed E-state index contributed by atoms with van der Waals surface area (Å²) in [6.07, 6.45) is 0. The van der Waals surface area contributed by atoms with E-state index in [-0.39, 0.29) is 22.9 Å². The monoisotopic (exact) mass is 404 g/mol. The van der Waals surface area contributed by atoms with Crippen molar-refractivity contribution in [3.8, 4) is 11.5 Å². The van der Waals surface area contributed by atoms with Gasteiger partial charge in [0.2, 0.25) is 5.82 Å². The molecular weight excluding hydrogens is 398 g/mol. The van der Waals surface area contributed by atoms with E-state index in [2.05, 4.69) is 31.9 Å². The summed E-state index contributed by atoms with van der Waals surface area (Å²) in [6, 6.07) is 7.11. The number of nitrogens with one attached hydrogen (secondary N) is 1. The number of hydrogen-bond donors (Lipinski definition) is 2. The fraction of sp³-hybridized carbons (Fsp3) is 0. The van der Waals surface area contributed by atoms with Crippen LogP contribution in [0.5, 0.6) is 11.5 Å². The van der Waals surface area contributed by atoms with Gasteiger partial charge >= 0.3 is 0 Å². The normalized spacial score (nSPS) is 10.4. The Morgan fingerprint density at radius 3 is 2.50 bits per heavy atom. The molecule has 104 valence electrons. The van der Waals surface area contributed by atoms with Gasteiger partial charge in [0, 0.05) is 8.95 Å². The number of rotatable bonds is 3. The fourth-order valence-electron chi connectivity index (χ4n) is 1.58. The van der Waals surface area contributed by atoms with Gasteiger partial charge in [-0.05, 0) is 40.2 Å². The van der Waals surface area contributed by atoms with Crippen LogP contribution in [-0.4, -0.2) is 5.84 Å². The first-order valence-corrected chi connectivity index (χ1v) is 6.94. The third-order valence-electron chi connectivity index (χ3n) is 2.42. The van der Waals surface area contributed by atoms with E-state index in [1.807, 2.05) is 0 Å². The molecule has 0 unspecified atom stereocenters. The molecule has 0 saturated carbocycles. The molecule has 0 spiro atoms. The minimum absolute atomic E-state index is 0.156. The van der Waals surface area contributed by atoms with Crippen molar-refractivity contribution in [2.75, 3.05) is 0 Å². The molecule has 0 aliphatic carbocycles. The summed E-state index contributed by atoms with van der Waals surface area (Å²) in [5.74, 6) is -2.53. The Morgan fingerprint density at radius 1 is 1.15 bits per heavy atom. The summed E-state index contributed by atoms with van der Waals surface area (Å²) in [4.78, 5) is 0. The van der Waals surface area contributed by atoms with Gasteiger partial charge in [-0.2, -0.15) is 4.39 Å². The zero-order valence-electron chi connectivity index (χ0n) is 9.88. The lowest BCUT2D eigenvalue weighted by Gasteiger charge is -2.12. The first kappa shape index (κ1) is 14.9. The van der Waals surface area contributed by atoms with E-state index in [0.717, 1.165) is 6.07 Å². The second-order valence-corrected chi connectivity index (χ2v) is 5.60. The summed E-state index contributed by atoms with van der Waals surface area (Å²) < 4.78 is 33.2. The van der Waals surface area contributed by atoms with Gasteiger partial charge in [-0.25, -0.2) is 4.39 Å². The topological polar surface area (TPSA) is 59.1 Å². The van der Waals surface area contributed by atoms with Crippen LogP contribution in [0.15, 0.2) is 39.3 Å². The van der Waals surface area contributed by atoms with E-state index < -0.39 is 11.6 Å². The number of halogens is 4. The number of amidine groups is 1. The number of benzene rings is 2. The van der Waals surface area contributed by atoms with Gasteiger partial charge in [-0.1, -0.05) is 22.0 Å². The average Bonchev–Trinajstić information content (AvgIpc) is 2.35. The SMILES string of the molecule is N=C(N)c1c(Br)cccc1Oc1cc(Br)cc(F)c1F. The van der Waals surface area contributed by atoms with Gasteiger partial charge in [0.25, 0.3) is 0 Å². The Hall–Kier alpha value is -1.47. The summed E-state index contributed by atoms with van der Waals surface area (Å²) in [5.41, 5.74) is 5.73. The lowest BCUT2D eigenvalue weighted by Crippen LogP contribution is -2.13. The van der Waals surface area contributed by atoms with Crippen LogP contribution in [0.2, 0.25) is 0 Å². The van der Waals surface area contributed by atoms with Crippen molar-refractivity contribution in [1.82, 2.24) is 0 Å². The predicted molar refractivity (Wildman–Crippen MR) is 79.3 cm³/mol. The molecule has 0 aliphatic heterocycles. The molecule has 0 amide bonds. The minimum atomic E-state index is -1.11. The molecule has 2 aromatic carbocycles. The molecule has 0 aromatic heterocycles. The first-order valence-electron chi connectivity index (χ1n) is 5.35. The highest BCUT2D eigenvalue weighted by atomic mass is 79.9. The van der Waals surface area contributed by atoms with Crippen molar-refractivity contribution >= 4 is 37.7 Å². The van der Waals surface area contributed by atoms with Crippen LogP contribution in [-0.2, 0) is 0 Å². The maximum Gasteiger partial charge on any atom is 0.201 e. The van der Waals surface area contributed by atoms with Crippen LogP contribution < -0.4 is 10.5 Å². The van der Waals surface area contributed by atoms with E-state index in [1.54, 1.807) is 12.1 Å². The Morgan fingerprint density at radius 2 is 1.85 bits per heavy atom. The van der Waals surface area contributed by atoms with Crippen LogP contribution in [0.25, 0.3) is 0 Å². The van der Waals surface area contributed by atoms with Gasteiger partial charge in [0.05, 0.1) is 5.56 Å². The molecule has 0 radical (unpaired) electrons. The molecule has 2 aromatic rings. The Kier molecular flexibility index (Phi) is 4.39. The quantitative estimate of drug-likeness (QED) is 0.446. The predicted octanol–water partition coefficient (Wildman–Crippen LogP) is 4.57. The maximum atomic E-state index is 13.7. The third-order valence-corrected chi connectivity index (χ3v) is 3.54. The van der Waals surface area contributed by atoms with Crippen molar-refractivity contribution in [2.45, 2.75) is 0 Å². The summed E-state index contributed by atoms with van der Waals surface area (Å²) in [7, 11) is 0. The molecule has 0 bridgehead atoms. The van der Waals surface area contributed by atoms with E-state index in [9.17, 15) is 8.78 Å². The van der Waals surface area contributed by atoms with Crippen molar-refractivity contribution in [2.24, 2.45) is 5.73 Å². The van der Waals surface area contributed by atoms with Crippen molar-refractivity contribution in [1.29, 1.82) is 5.41 Å². The molecule has 3 N–H and O–H groups in total. The molecule has 0 atom stereocenters. The smallest absolute Gasteiger partial charge is 0.201 e. The molecule has 0 saturated heterocycles. The average molecular weight is 406 g/mol. The van der Waals surface area contributed by atoms with E-state index in [4.69, 9.17) is 15.9 Å². The summed E-state index contributed by atoms with van der Waals surface area (Å²) in [5, 5.41) is 7.51. The van der Waals surface area contributed by atoms with Crippen LogP contribution >= 0.6 is 31.9 Å². The van der Waals surface area contributed by atoms with Crippen LogP contribution in [0.1, 0.15) is 5.56 Å². The fourth-order valence-corrected chi connectivity index (χ4v) is 2.55. The highest BCUT2D eigenvalue weighted by molar-refractivity contribution is 9.10. The minimum Gasteiger partial charge on any atom is -0.453 e. The molecule has 7 heteroatoms. The maximum absolute atomic E-state index is 13.7.